The molecule has 0 radical (unpaired) electrons. The van der Waals surface area contributed by atoms with E-state index in [1.54, 1.807) is 47.4 Å². The van der Waals surface area contributed by atoms with Gasteiger partial charge in [-0.3, -0.25) is 9.59 Å². The summed E-state index contributed by atoms with van der Waals surface area (Å²) in [6.07, 6.45) is 5.60. The highest BCUT2D eigenvalue weighted by Crippen LogP contribution is 2.25. The Bertz CT molecular complexity index is 1230. The minimum absolute atomic E-state index is 0.105. The van der Waals surface area contributed by atoms with E-state index in [9.17, 15) is 9.59 Å². The Morgan fingerprint density at radius 3 is 2.34 bits per heavy atom. The molecule has 0 heterocycles. The fourth-order valence-corrected chi connectivity index (χ4v) is 5.36. The van der Waals surface area contributed by atoms with Crippen molar-refractivity contribution in [3.63, 3.8) is 0 Å². The van der Waals surface area contributed by atoms with Crippen molar-refractivity contribution in [2.45, 2.75) is 57.2 Å². The van der Waals surface area contributed by atoms with Crippen molar-refractivity contribution >= 4 is 46.6 Å². The summed E-state index contributed by atoms with van der Waals surface area (Å²) in [5, 5.41) is 4.65. The van der Waals surface area contributed by atoms with Gasteiger partial charge in [0, 0.05) is 34.1 Å². The van der Waals surface area contributed by atoms with E-state index in [2.05, 4.69) is 5.32 Å². The molecular weight excluding hydrogens is 543 g/mol. The highest BCUT2D eigenvalue weighted by molar-refractivity contribution is 6.35. The van der Waals surface area contributed by atoms with Crippen LogP contribution in [0.3, 0.4) is 0 Å². The van der Waals surface area contributed by atoms with Crippen molar-refractivity contribution in [2.24, 2.45) is 0 Å². The van der Waals surface area contributed by atoms with Crippen LogP contribution in [-0.2, 0) is 22.6 Å². The molecule has 0 aliphatic heterocycles. The second-order valence-corrected chi connectivity index (χ2v) is 10.8. The molecule has 200 valence electrons. The molecule has 3 aromatic carbocycles. The van der Waals surface area contributed by atoms with E-state index >= 15 is 0 Å². The fraction of sp³-hybridized carbons (Fsp3) is 0.333. The first kappa shape index (κ1) is 28.3. The Hall–Kier alpha value is -2.73. The Labute approximate surface area is 239 Å². The molecule has 8 heteroatoms. The molecule has 2 amide bonds. The third kappa shape index (κ3) is 8.13. The summed E-state index contributed by atoms with van der Waals surface area (Å²) in [5.74, 6) is -0.0424. The van der Waals surface area contributed by atoms with Crippen LogP contribution in [0.2, 0.25) is 15.1 Å². The molecule has 0 saturated heterocycles. The summed E-state index contributed by atoms with van der Waals surface area (Å²) >= 11 is 18.7. The van der Waals surface area contributed by atoms with Crippen molar-refractivity contribution in [3.05, 3.63) is 99.0 Å². The average molecular weight is 574 g/mol. The monoisotopic (exact) mass is 572 g/mol. The number of rotatable bonds is 10. The summed E-state index contributed by atoms with van der Waals surface area (Å²) in [4.78, 5) is 29.1. The van der Waals surface area contributed by atoms with Gasteiger partial charge in [-0.25, -0.2) is 0 Å². The number of hydrogen-bond acceptors (Lipinski definition) is 3. The summed E-state index contributed by atoms with van der Waals surface area (Å²) in [5.41, 5.74) is 1.64. The minimum Gasteiger partial charge on any atom is -0.484 e. The van der Waals surface area contributed by atoms with Gasteiger partial charge in [-0.15, -0.1) is 0 Å². The van der Waals surface area contributed by atoms with Crippen LogP contribution in [0.1, 0.15) is 43.2 Å². The Kier molecular flexibility index (Phi) is 10.3. The van der Waals surface area contributed by atoms with Crippen LogP contribution in [-0.4, -0.2) is 35.4 Å². The molecule has 0 bridgehead atoms. The normalized spacial score (nSPS) is 14.5. The predicted octanol–water partition coefficient (Wildman–Crippen LogP) is 7.11. The first-order valence-electron chi connectivity index (χ1n) is 12.8. The van der Waals surface area contributed by atoms with Gasteiger partial charge in [-0.2, -0.15) is 0 Å². The van der Waals surface area contributed by atoms with E-state index in [4.69, 9.17) is 39.5 Å². The molecular formula is C30H31Cl3N2O3. The van der Waals surface area contributed by atoms with Crippen molar-refractivity contribution in [1.29, 1.82) is 0 Å². The van der Waals surface area contributed by atoms with Crippen molar-refractivity contribution in [3.8, 4) is 5.75 Å². The maximum atomic E-state index is 13.8. The second-order valence-electron chi connectivity index (χ2n) is 9.55. The quantitative estimate of drug-likeness (QED) is 0.281. The van der Waals surface area contributed by atoms with Crippen molar-refractivity contribution in [2.75, 3.05) is 6.61 Å². The highest BCUT2D eigenvalue weighted by atomic mass is 35.5. The summed E-state index contributed by atoms with van der Waals surface area (Å²) < 4.78 is 5.79. The fourth-order valence-electron chi connectivity index (χ4n) is 4.72. The van der Waals surface area contributed by atoms with E-state index in [-0.39, 0.29) is 31.0 Å². The zero-order valence-corrected chi connectivity index (χ0v) is 23.3. The molecule has 1 aliphatic rings. The SMILES string of the molecule is O=C(NC1CCCCC1)C(Cc1ccccc1)N(Cc1ccc(Cl)cc1Cl)C(=O)COc1cccc(Cl)c1. The number of carbonyl (C=O) groups excluding carboxylic acids is 2. The number of benzene rings is 3. The van der Waals surface area contributed by atoms with Crippen LogP contribution in [0, 0.1) is 0 Å². The molecule has 38 heavy (non-hydrogen) atoms. The van der Waals surface area contributed by atoms with Crippen LogP contribution in [0.15, 0.2) is 72.8 Å². The third-order valence-corrected chi connectivity index (χ3v) is 7.56. The van der Waals surface area contributed by atoms with Gasteiger partial charge in [-0.05, 0) is 54.3 Å². The molecule has 1 saturated carbocycles. The lowest BCUT2D eigenvalue weighted by atomic mass is 9.94. The van der Waals surface area contributed by atoms with Crippen LogP contribution < -0.4 is 10.1 Å². The maximum absolute atomic E-state index is 13.8. The van der Waals surface area contributed by atoms with E-state index < -0.39 is 6.04 Å². The molecule has 4 rings (SSSR count). The molecule has 1 unspecified atom stereocenters. The van der Waals surface area contributed by atoms with Gasteiger partial charge in [0.05, 0.1) is 0 Å². The number of hydrogen-bond donors (Lipinski definition) is 1. The summed E-state index contributed by atoms with van der Waals surface area (Å²) in [6.45, 7) is -0.128. The van der Waals surface area contributed by atoms with E-state index in [1.807, 2.05) is 30.3 Å². The third-order valence-electron chi connectivity index (χ3n) is 6.74. The van der Waals surface area contributed by atoms with Crippen LogP contribution in [0.25, 0.3) is 0 Å². The number of nitrogens with one attached hydrogen (secondary N) is 1. The van der Waals surface area contributed by atoms with Crippen LogP contribution in [0.5, 0.6) is 5.75 Å². The first-order chi connectivity index (χ1) is 18.4. The second kappa shape index (κ2) is 13.9. The largest absolute Gasteiger partial charge is 0.484 e. The van der Waals surface area contributed by atoms with Gasteiger partial charge in [0.25, 0.3) is 5.91 Å². The van der Waals surface area contributed by atoms with Crippen LogP contribution >= 0.6 is 34.8 Å². The lowest BCUT2D eigenvalue weighted by Gasteiger charge is -2.33. The van der Waals surface area contributed by atoms with Gasteiger partial charge in [-0.1, -0.05) is 96.5 Å². The van der Waals surface area contributed by atoms with Crippen molar-refractivity contribution < 1.29 is 14.3 Å². The van der Waals surface area contributed by atoms with Crippen LogP contribution in [0.4, 0.5) is 0 Å². The van der Waals surface area contributed by atoms with E-state index in [0.29, 0.717) is 32.8 Å². The topological polar surface area (TPSA) is 58.6 Å². The summed E-state index contributed by atoms with van der Waals surface area (Å²) in [7, 11) is 0. The minimum atomic E-state index is -0.762. The molecule has 1 atom stereocenters. The molecule has 3 aromatic rings. The van der Waals surface area contributed by atoms with Gasteiger partial charge < -0.3 is 15.0 Å². The number of nitrogens with zero attached hydrogens (tertiary/aromatic N) is 1. The zero-order chi connectivity index (χ0) is 26.9. The average Bonchev–Trinajstić information content (AvgIpc) is 2.91. The molecule has 1 N–H and O–H groups in total. The van der Waals surface area contributed by atoms with Gasteiger partial charge >= 0.3 is 0 Å². The maximum Gasteiger partial charge on any atom is 0.261 e. The zero-order valence-electron chi connectivity index (χ0n) is 21.0. The number of carbonyl (C=O) groups is 2. The lowest BCUT2D eigenvalue weighted by molar-refractivity contribution is -0.143. The lowest BCUT2D eigenvalue weighted by Crippen LogP contribution is -2.53. The molecule has 1 fully saturated rings. The highest BCUT2D eigenvalue weighted by Gasteiger charge is 2.32. The molecule has 5 nitrogen and oxygen atoms in total. The standard InChI is InChI=1S/C30H31Cl3N2O3/c31-23-10-7-13-26(17-23)38-20-29(36)35(19-22-14-15-24(32)18-27(22)33)28(16-21-8-3-1-4-9-21)30(37)34-25-11-5-2-6-12-25/h1,3-4,7-10,13-15,17-18,25,28H,2,5-6,11-12,16,19-20H2,(H,34,37). The van der Waals surface area contributed by atoms with E-state index in [0.717, 1.165) is 31.2 Å². The molecule has 0 aromatic heterocycles. The molecule has 0 spiro atoms. The van der Waals surface area contributed by atoms with Gasteiger partial charge in [0.2, 0.25) is 5.91 Å². The first-order valence-corrected chi connectivity index (χ1v) is 14.0. The Morgan fingerprint density at radius 2 is 1.63 bits per heavy atom. The Morgan fingerprint density at radius 1 is 0.895 bits per heavy atom. The van der Waals surface area contributed by atoms with Crippen molar-refractivity contribution in [1.82, 2.24) is 10.2 Å². The Balaban J connectivity index is 1.63. The number of amides is 2. The van der Waals surface area contributed by atoms with E-state index in [1.165, 1.54) is 6.42 Å². The number of ether oxygens (including phenoxy) is 1. The van der Waals surface area contributed by atoms with Gasteiger partial charge in [0.1, 0.15) is 11.8 Å². The smallest absolute Gasteiger partial charge is 0.261 e. The van der Waals surface area contributed by atoms with Gasteiger partial charge in [0.15, 0.2) is 6.61 Å². The summed E-state index contributed by atoms with van der Waals surface area (Å²) in [6, 6.07) is 21.0. The predicted molar refractivity (Wildman–Crippen MR) is 153 cm³/mol. The number of halogens is 3. The molecule has 1 aliphatic carbocycles.